The number of nitrogens with zero attached hydrogens (tertiary/aromatic N) is 1. The first-order chi connectivity index (χ1) is 10.8. The fourth-order valence-corrected chi connectivity index (χ4v) is 2.67. The number of hydrazone groups is 1. The van der Waals surface area contributed by atoms with Crippen molar-refractivity contribution in [1.29, 1.82) is 0 Å². The van der Waals surface area contributed by atoms with Gasteiger partial charge in [0.25, 0.3) is 0 Å². The van der Waals surface area contributed by atoms with Crippen LogP contribution in [-0.2, 0) is 6.42 Å². The molecule has 0 saturated carbocycles. The quantitative estimate of drug-likeness (QED) is 0.674. The second-order valence-corrected chi connectivity index (χ2v) is 5.42. The van der Waals surface area contributed by atoms with Crippen LogP contribution in [0.4, 0.5) is 5.69 Å². The summed E-state index contributed by atoms with van der Waals surface area (Å²) < 4.78 is 5.19. The van der Waals surface area contributed by atoms with E-state index in [2.05, 4.69) is 34.0 Å². The zero-order chi connectivity index (χ0) is 15.4. The van der Waals surface area contributed by atoms with Gasteiger partial charge in [-0.05, 0) is 42.8 Å². The second kappa shape index (κ2) is 6.58. The summed E-state index contributed by atoms with van der Waals surface area (Å²) in [6.45, 7) is 0. The maximum atomic E-state index is 5.28. The molecule has 0 aromatic heterocycles. The predicted octanol–water partition coefficient (Wildman–Crippen LogP) is 3.33. The number of hydrogen-bond acceptors (Lipinski definition) is 3. The minimum absolute atomic E-state index is 0.463. The molecule has 0 bridgehead atoms. The van der Waals surface area contributed by atoms with Crippen LogP contribution in [0.3, 0.4) is 0 Å². The molecule has 2 N–H and O–H groups in total. The number of thiocarbonyl (C=S) groups is 1. The molecule has 0 spiro atoms. The van der Waals surface area contributed by atoms with Crippen molar-refractivity contribution in [2.24, 2.45) is 5.10 Å². The summed E-state index contributed by atoms with van der Waals surface area (Å²) in [5.74, 6) is 0.781. The molecular formula is C17H17N3OS. The van der Waals surface area contributed by atoms with Crippen molar-refractivity contribution in [3.05, 3.63) is 59.7 Å². The largest absolute Gasteiger partial charge is 0.497 e. The number of ether oxygens (including phenoxy) is 1. The van der Waals surface area contributed by atoms with Crippen molar-refractivity contribution in [3.8, 4) is 5.75 Å². The average molecular weight is 311 g/mol. The van der Waals surface area contributed by atoms with Gasteiger partial charge in [-0.3, -0.25) is 5.43 Å². The zero-order valence-corrected chi connectivity index (χ0v) is 13.1. The van der Waals surface area contributed by atoms with Gasteiger partial charge in [-0.1, -0.05) is 30.3 Å². The van der Waals surface area contributed by atoms with E-state index in [4.69, 9.17) is 17.0 Å². The average Bonchev–Trinajstić information content (AvgIpc) is 2.96. The standard InChI is InChI=1S/C17H17N3OS/c1-21-14-7-4-6-13(11-14)18-17(22)20-19-16-10-9-12-5-2-3-8-15(12)16/h2-8,11H,9-10H2,1H3,(H2,18,20,22)/b19-16+. The van der Waals surface area contributed by atoms with Gasteiger partial charge in [0, 0.05) is 17.3 Å². The van der Waals surface area contributed by atoms with E-state index in [9.17, 15) is 0 Å². The highest BCUT2D eigenvalue weighted by atomic mass is 32.1. The Bertz CT molecular complexity index is 727. The Morgan fingerprint density at radius 1 is 1.14 bits per heavy atom. The van der Waals surface area contributed by atoms with Gasteiger partial charge in [0.15, 0.2) is 5.11 Å². The summed E-state index contributed by atoms with van der Waals surface area (Å²) >= 11 is 5.28. The summed E-state index contributed by atoms with van der Waals surface area (Å²) in [5, 5.41) is 8.00. The summed E-state index contributed by atoms with van der Waals surface area (Å²) in [5.41, 5.74) is 7.38. The Morgan fingerprint density at radius 3 is 2.86 bits per heavy atom. The van der Waals surface area contributed by atoms with Crippen molar-refractivity contribution in [2.75, 3.05) is 12.4 Å². The van der Waals surface area contributed by atoms with Crippen molar-refractivity contribution in [2.45, 2.75) is 12.8 Å². The first-order valence-electron chi connectivity index (χ1n) is 7.12. The molecule has 3 rings (SSSR count). The van der Waals surface area contributed by atoms with Gasteiger partial charge in [0.05, 0.1) is 12.8 Å². The van der Waals surface area contributed by atoms with Crippen LogP contribution in [0.25, 0.3) is 0 Å². The van der Waals surface area contributed by atoms with Gasteiger partial charge in [-0.25, -0.2) is 0 Å². The monoisotopic (exact) mass is 311 g/mol. The lowest BCUT2D eigenvalue weighted by molar-refractivity contribution is 0.415. The maximum absolute atomic E-state index is 5.28. The van der Waals surface area contributed by atoms with Crippen molar-refractivity contribution < 1.29 is 4.74 Å². The predicted molar refractivity (Wildman–Crippen MR) is 93.7 cm³/mol. The summed E-state index contributed by atoms with van der Waals surface area (Å²) in [4.78, 5) is 0. The van der Waals surface area contributed by atoms with Crippen molar-refractivity contribution in [3.63, 3.8) is 0 Å². The molecule has 0 unspecified atom stereocenters. The molecule has 0 radical (unpaired) electrons. The van der Waals surface area contributed by atoms with Crippen LogP contribution in [0.2, 0.25) is 0 Å². The molecule has 0 fully saturated rings. The number of nitrogens with one attached hydrogen (secondary N) is 2. The second-order valence-electron chi connectivity index (χ2n) is 5.01. The smallest absolute Gasteiger partial charge is 0.191 e. The highest BCUT2D eigenvalue weighted by Crippen LogP contribution is 2.21. The molecular weight excluding hydrogens is 294 g/mol. The highest BCUT2D eigenvalue weighted by molar-refractivity contribution is 7.80. The van der Waals surface area contributed by atoms with Crippen LogP contribution in [0.15, 0.2) is 53.6 Å². The van der Waals surface area contributed by atoms with Crippen LogP contribution < -0.4 is 15.5 Å². The highest BCUT2D eigenvalue weighted by Gasteiger charge is 2.16. The number of anilines is 1. The van der Waals surface area contributed by atoms with Gasteiger partial charge in [-0.15, -0.1) is 0 Å². The minimum atomic E-state index is 0.463. The van der Waals surface area contributed by atoms with E-state index in [-0.39, 0.29) is 0 Å². The third-order valence-electron chi connectivity index (χ3n) is 3.58. The number of aryl methyl sites for hydroxylation is 1. The zero-order valence-electron chi connectivity index (χ0n) is 12.3. The number of fused-ring (bicyclic) bond motifs is 1. The summed E-state index contributed by atoms with van der Waals surface area (Å²) in [6, 6.07) is 15.9. The molecule has 2 aromatic carbocycles. The van der Waals surface area contributed by atoms with Gasteiger partial charge in [0.2, 0.25) is 0 Å². The van der Waals surface area contributed by atoms with Crippen LogP contribution in [0.1, 0.15) is 17.5 Å². The molecule has 22 heavy (non-hydrogen) atoms. The molecule has 4 nitrogen and oxygen atoms in total. The van der Waals surface area contributed by atoms with E-state index in [0.29, 0.717) is 5.11 Å². The van der Waals surface area contributed by atoms with Crippen LogP contribution >= 0.6 is 12.2 Å². The van der Waals surface area contributed by atoms with E-state index in [1.54, 1.807) is 7.11 Å². The summed E-state index contributed by atoms with van der Waals surface area (Å²) in [7, 11) is 1.64. The van der Waals surface area contributed by atoms with E-state index in [1.165, 1.54) is 11.1 Å². The fourth-order valence-electron chi connectivity index (χ4n) is 2.50. The lowest BCUT2D eigenvalue weighted by Crippen LogP contribution is -2.25. The first kappa shape index (κ1) is 14.5. The fraction of sp³-hybridized carbons (Fsp3) is 0.176. The third-order valence-corrected chi connectivity index (χ3v) is 3.77. The first-order valence-corrected chi connectivity index (χ1v) is 7.53. The molecule has 0 amide bonds. The van der Waals surface area contributed by atoms with Crippen LogP contribution in [0, 0.1) is 0 Å². The van der Waals surface area contributed by atoms with Gasteiger partial charge in [-0.2, -0.15) is 5.10 Å². The maximum Gasteiger partial charge on any atom is 0.191 e. The number of rotatable bonds is 3. The molecule has 0 heterocycles. The molecule has 5 heteroatoms. The number of hydrogen-bond donors (Lipinski definition) is 2. The van der Waals surface area contributed by atoms with E-state index in [1.807, 2.05) is 30.3 Å². The number of benzene rings is 2. The Morgan fingerprint density at radius 2 is 2.00 bits per heavy atom. The van der Waals surface area contributed by atoms with Crippen molar-refractivity contribution in [1.82, 2.24) is 5.43 Å². The SMILES string of the molecule is COc1cccc(NC(=S)N/N=C2\CCc3ccccc32)c1. The Balaban J connectivity index is 1.64. The number of methoxy groups -OCH3 is 1. The third kappa shape index (κ3) is 3.26. The Hall–Kier alpha value is -2.40. The van der Waals surface area contributed by atoms with Crippen LogP contribution in [-0.4, -0.2) is 17.9 Å². The van der Waals surface area contributed by atoms with Crippen LogP contribution in [0.5, 0.6) is 5.75 Å². The topological polar surface area (TPSA) is 45.6 Å². The van der Waals surface area contributed by atoms with Gasteiger partial charge >= 0.3 is 0 Å². The molecule has 0 aliphatic heterocycles. The normalized spacial score (nSPS) is 14.5. The molecule has 0 saturated heterocycles. The van der Waals surface area contributed by atoms with E-state index in [0.717, 1.165) is 30.0 Å². The van der Waals surface area contributed by atoms with Crippen molar-refractivity contribution >= 4 is 28.7 Å². The Labute approximate surface area is 135 Å². The Kier molecular flexibility index (Phi) is 4.34. The minimum Gasteiger partial charge on any atom is -0.497 e. The van der Waals surface area contributed by atoms with Gasteiger partial charge < -0.3 is 10.1 Å². The lowest BCUT2D eigenvalue weighted by atomic mass is 10.1. The van der Waals surface area contributed by atoms with E-state index < -0.39 is 0 Å². The molecule has 1 aliphatic rings. The molecule has 0 atom stereocenters. The van der Waals surface area contributed by atoms with Gasteiger partial charge in [0.1, 0.15) is 5.75 Å². The van der Waals surface area contributed by atoms with E-state index >= 15 is 0 Å². The summed E-state index contributed by atoms with van der Waals surface area (Å²) in [6.07, 6.45) is 1.97. The molecule has 2 aromatic rings. The molecule has 1 aliphatic carbocycles. The molecule has 112 valence electrons. The lowest BCUT2D eigenvalue weighted by Gasteiger charge is -2.09.